The van der Waals surface area contributed by atoms with E-state index < -0.39 is 0 Å². The van der Waals surface area contributed by atoms with E-state index in [0.29, 0.717) is 11.3 Å². The van der Waals surface area contributed by atoms with Gasteiger partial charge in [-0.25, -0.2) is 0 Å². The minimum absolute atomic E-state index is 0.332. The zero-order valence-electron chi connectivity index (χ0n) is 9.72. The molecule has 1 rings (SSSR count). The molecule has 0 saturated heterocycles. The first-order chi connectivity index (χ1) is 6.32. The number of aromatic amines is 1. The predicted molar refractivity (Wildman–Crippen MR) is 63.0 cm³/mol. The summed E-state index contributed by atoms with van der Waals surface area (Å²) in [5.41, 5.74) is 1.55. The second kappa shape index (κ2) is 3.89. The van der Waals surface area contributed by atoms with E-state index in [0.717, 1.165) is 11.3 Å². The zero-order valence-corrected chi connectivity index (χ0v) is 10.5. The van der Waals surface area contributed by atoms with Crippen LogP contribution in [0.2, 0.25) is 0 Å². The van der Waals surface area contributed by atoms with E-state index >= 15 is 0 Å². The Hall–Kier alpha value is -0.570. The van der Waals surface area contributed by atoms with Gasteiger partial charge in [0.1, 0.15) is 0 Å². The number of nitrogens with zero attached hydrogens (tertiary/aromatic N) is 1. The highest BCUT2D eigenvalue weighted by Gasteiger charge is 2.20. The van der Waals surface area contributed by atoms with Gasteiger partial charge in [-0.2, -0.15) is 0 Å². The van der Waals surface area contributed by atoms with Crippen LogP contribution in [0.25, 0.3) is 0 Å². The van der Waals surface area contributed by atoms with E-state index in [1.165, 1.54) is 5.69 Å². The van der Waals surface area contributed by atoms with Gasteiger partial charge in [0.25, 0.3) is 0 Å². The smallest absolute Gasteiger partial charge is 0.177 e. The Kier molecular flexibility index (Phi) is 3.20. The van der Waals surface area contributed by atoms with E-state index in [1.807, 2.05) is 6.20 Å². The molecule has 1 aromatic rings. The van der Waals surface area contributed by atoms with Crippen molar-refractivity contribution >= 4 is 12.2 Å². The van der Waals surface area contributed by atoms with Gasteiger partial charge < -0.3 is 9.55 Å². The number of aromatic nitrogens is 2. The molecule has 0 saturated carbocycles. The first-order valence-electron chi connectivity index (χ1n) is 5.07. The number of hydrogen-bond donors (Lipinski definition) is 1. The normalized spacial score (nSPS) is 14.4. The van der Waals surface area contributed by atoms with Crippen LogP contribution in [0, 0.1) is 23.0 Å². The van der Waals surface area contributed by atoms with Crippen LogP contribution >= 0.6 is 12.2 Å². The third kappa shape index (κ3) is 2.47. The molecule has 0 bridgehead atoms. The standard InChI is InChI=1S/C11H20N2S/c1-8(11(3,4)5)7-13-9(2)6-12-10(13)14/h6,8H,7H2,1-5H3,(H,12,14). The molecule has 0 spiro atoms. The van der Waals surface area contributed by atoms with Crippen molar-refractivity contribution in [3.8, 4) is 0 Å². The Morgan fingerprint density at radius 1 is 1.50 bits per heavy atom. The Balaban J connectivity index is 2.85. The van der Waals surface area contributed by atoms with Crippen molar-refractivity contribution in [1.29, 1.82) is 0 Å². The number of imidazole rings is 1. The van der Waals surface area contributed by atoms with E-state index in [9.17, 15) is 0 Å². The monoisotopic (exact) mass is 212 g/mol. The maximum absolute atomic E-state index is 5.22. The Morgan fingerprint density at radius 2 is 2.07 bits per heavy atom. The summed E-state index contributed by atoms with van der Waals surface area (Å²) in [6, 6.07) is 0. The molecule has 1 atom stereocenters. The molecule has 1 aromatic heterocycles. The van der Waals surface area contributed by atoms with Crippen molar-refractivity contribution in [2.45, 2.75) is 41.2 Å². The first kappa shape index (κ1) is 11.5. The van der Waals surface area contributed by atoms with Crippen molar-refractivity contribution in [1.82, 2.24) is 9.55 Å². The maximum atomic E-state index is 5.22. The van der Waals surface area contributed by atoms with E-state index in [-0.39, 0.29) is 0 Å². The molecule has 14 heavy (non-hydrogen) atoms. The molecule has 0 amide bonds. The van der Waals surface area contributed by atoms with E-state index in [1.54, 1.807) is 0 Å². The molecular formula is C11H20N2S. The van der Waals surface area contributed by atoms with Gasteiger partial charge in [0.15, 0.2) is 4.77 Å². The molecule has 80 valence electrons. The summed E-state index contributed by atoms with van der Waals surface area (Å²) in [7, 11) is 0. The summed E-state index contributed by atoms with van der Waals surface area (Å²) < 4.78 is 3.00. The van der Waals surface area contributed by atoms with Crippen LogP contribution in [-0.4, -0.2) is 9.55 Å². The van der Waals surface area contributed by atoms with Crippen LogP contribution in [0.5, 0.6) is 0 Å². The van der Waals surface area contributed by atoms with Crippen LogP contribution in [-0.2, 0) is 6.54 Å². The van der Waals surface area contributed by atoms with Crippen molar-refractivity contribution in [2.24, 2.45) is 11.3 Å². The SMILES string of the molecule is Cc1c[nH]c(=S)n1CC(C)C(C)(C)C. The van der Waals surface area contributed by atoms with Gasteiger partial charge in [-0.05, 0) is 30.5 Å². The van der Waals surface area contributed by atoms with Crippen molar-refractivity contribution in [3.05, 3.63) is 16.7 Å². The molecule has 0 aliphatic rings. The fourth-order valence-corrected chi connectivity index (χ4v) is 1.53. The average molecular weight is 212 g/mol. The average Bonchev–Trinajstić information content (AvgIpc) is 2.34. The van der Waals surface area contributed by atoms with Gasteiger partial charge in [-0.3, -0.25) is 0 Å². The lowest BCUT2D eigenvalue weighted by molar-refractivity contribution is 0.231. The number of H-pyrrole nitrogens is 1. The zero-order chi connectivity index (χ0) is 10.9. The second-order valence-corrected chi connectivity index (χ2v) is 5.50. The molecule has 0 fully saturated rings. The predicted octanol–water partition coefficient (Wildman–Crippen LogP) is 3.54. The molecule has 0 aliphatic heterocycles. The van der Waals surface area contributed by atoms with Gasteiger partial charge in [0.05, 0.1) is 0 Å². The molecule has 2 nitrogen and oxygen atoms in total. The van der Waals surface area contributed by atoms with Crippen LogP contribution in [0.1, 0.15) is 33.4 Å². The van der Waals surface area contributed by atoms with Crippen LogP contribution in [0.4, 0.5) is 0 Å². The minimum atomic E-state index is 0.332. The van der Waals surface area contributed by atoms with Gasteiger partial charge in [-0.15, -0.1) is 0 Å². The van der Waals surface area contributed by atoms with Gasteiger partial charge >= 0.3 is 0 Å². The third-order valence-electron chi connectivity index (χ3n) is 3.01. The molecule has 1 N–H and O–H groups in total. The lowest BCUT2D eigenvalue weighted by atomic mass is 9.82. The fourth-order valence-electron chi connectivity index (χ4n) is 1.26. The van der Waals surface area contributed by atoms with Gasteiger partial charge in [0, 0.05) is 18.4 Å². The molecule has 1 unspecified atom stereocenters. The number of hydrogen-bond acceptors (Lipinski definition) is 1. The lowest BCUT2D eigenvalue weighted by Crippen LogP contribution is -2.22. The first-order valence-corrected chi connectivity index (χ1v) is 5.48. The molecule has 0 radical (unpaired) electrons. The van der Waals surface area contributed by atoms with Crippen LogP contribution in [0.15, 0.2) is 6.20 Å². The quantitative estimate of drug-likeness (QED) is 0.744. The molecule has 0 aromatic carbocycles. The van der Waals surface area contributed by atoms with Crippen LogP contribution in [0.3, 0.4) is 0 Å². The maximum Gasteiger partial charge on any atom is 0.177 e. The largest absolute Gasteiger partial charge is 0.337 e. The molecule has 3 heteroatoms. The van der Waals surface area contributed by atoms with Gasteiger partial charge in [0.2, 0.25) is 0 Å². The summed E-state index contributed by atoms with van der Waals surface area (Å²) in [6.45, 7) is 12.2. The minimum Gasteiger partial charge on any atom is -0.337 e. The Morgan fingerprint density at radius 3 is 2.43 bits per heavy atom. The van der Waals surface area contributed by atoms with Crippen molar-refractivity contribution in [3.63, 3.8) is 0 Å². The van der Waals surface area contributed by atoms with E-state index in [4.69, 9.17) is 12.2 Å². The topological polar surface area (TPSA) is 20.7 Å². The molecule has 1 heterocycles. The summed E-state index contributed by atoms with van der Waals surface area (Å²) in [5, 5.41) is 0. The van der Waals surface area contributed by atoms with E-state index in [2.05, 4.69) is 44.2 Å². The highest BCUT2D eigenvalue weighted by Crippen LogP contribution is 2.27. The second-order valence-electron chi connectivity index (χ2n) is 5.11. The lowest BCUT2D eigenvalue weighted by Gasteiger charge is -2.27. The molecular weight excluding hydrogens is 192 g/mol. The third-order valence-corrected chi connectivity index (χ3v) is 3.35. The summed E-state index contributed by atoms with van der Waals surface area (Å²) in [5.74, 6) is 0.615. The van der Waals surface area contributed by atoms with Crippen molar-refractivity contribution < 1.29 is 0 Å². The fraction of sp³-hybridized carbons (Fsp3) is 0.727. The summed E-state index contributed by atoms with van der Waals surface area (Å²) in [4.78, 5) is 3.07. The Labute approximate surface area is 91.3 Å². The summed E-state index contributed by atoms with van der Waals surface area (Å²) in [6.07, 6.45) is 1.97. The summed E-state index contributed by atoms with van der Waals surface area (Å²) >= 11 is 5.22. The highest BCUT2D eigenvalue weighted by atomic mass is 32.1. The number of aryl methyl sites for hydroxylation is 1. The molecule has 0 aliphatic carbocycles. The number of nitrogens with one attached hydrogen (secondary N) is 1. The van der Waals surface area contributed by atoms with Crippen LogP contribution < -0.4 is 0 Å². The highest BCUT2D eigenvalue weighted by molar-refractivity contribution is 7.71. The number of rotatable bonds is 2. The van der Waals surface area contributed by atoms with Gasteiger partial charge in [-0.1, -0.05) is 27.7 Å². The van der Waals surface area contributed by atoms with Crippen molar-refractivity contribution in [2.75, 3.05) is 0 Å². The Bertz CT molecular complexity index is 354.